The van der Waals surface area contributed by atoms with Crippen molar-refractivity contribution in [3.63, 3.8) is 0 Å². The van der Waals surface area contributed by atoms with E-state index < -0.39 is 0 Å². The van der Waals surface area contributed by atoms with Gasteiger partial charge in [-0.25, -0.2) is 4.79 Å². The third kappa shape index (κ3) is 5.19. The van der Waals surface area contributed by atoms with Gasteiger partial charge in [-0.3, -0.25) is 9.69 Å². The minimum Gasteiger partial charge on any atom is -0.369 e. The number of carbonyl (C=O) groups is 2. The molecule has 1 heterocycles. The number of urea groups is 1. The van der Waals surface area contributed by atoms with E-state index in [1.54, 1.807) is 0 Å². The van der Waals surface area contributed by atoms with Crippen molar-refractivity contribution in [2.24, 2.45) is 17.6 Å². The van der Waals surface area contributed by atoms with Crippen molar-refractivity contribution in [3.05, 3.63) is 35.4 Å². The van der Waals surface area contributed by atoms with Crippen molar-refractivity contribution in [1.29, 1.82) is 0 Å². The number of hydrogen-bond acceptors (Lipinski definition) is 3. The molecule has 2 aliphatic rings. The number of nitrogens with two attached hydrogens (primary N) is 1. The summed E-state index contributed by atoms with van der Waals surface area (Å²) in [4.78, 5) is 25.5. The molecule has 6 nitrogen and oxygen atoms in total. The first kappa shape index (κ1) is 17.7. The van der Waals surface area contributed by atoms with Gasteiger partial charge in [0.25, 0.3) is 0 Å². The summed E-state index contributed by atoms with van der Waals surface area (Å²) in [6.07, 6.45) is 2.98. The second kappa shape index (κ2) is 7.87. The molecule has 3 amide bonds. The predicted octanol–water partition coefficient (Wildman–Crippen LogP) is 1.59. The second-order valence-corrected chi connectivity index (χ2v) is 7.44. The van der Waals surface area contributed by atoms with Crippen molar-refractivity contribution in [3.8, 4) is 0 Å². The maximum atomic E-state index is 11.8. The summed E-state index contributed by atoms with van der Waals surface area (Å²) in [5, 5.41) is 5.89. The average molecular weight is 344 g/mol. The first-order valence-corrected chi connectivity index (χ1v) is 9.15. The Labute approximate surface area is 149 Å². The van der Waals surface area contributed by atoms with Crippen LogP contribution in [0.2, 0.25) is 0 Å². The van der Waals surface area contributed by atoms with Crippen LogP contribution in [0.1, 0.15) is 37.3 Å². The lowest BCUT2D eigenvalue weighted by atomic mass is 9.97. The third-order valence-electron chi connectivity index (χ3n) is 5.18. The van der Waals surface area contributed by atoms with E-state index >= 15 is 0 Å². The summed E-state index contributed by atoms with van der Waals surface area (Å²) in [6, 6.07) is 8.48. The predicted molar refractivity (Wildman–Crippen MR) is 96.6 cm³/mol. The Morgan fingerprint density at radius 3 is 2.80 bits per heavy atom. The molecule has 1 aliphatic heterocycles. The maximum absolute atomic E-state index is 11.8. The van der Waals surface area contributed by atoms with E-state index in [2.05, 4.69) is 34.6 Å². The normalized spacial score (nSPS) is 26.0. The molecular formula is C19H28N4O2. The van der Waals surface area contributed by atoms with E-state index in [-0.39, 0.29) is 17.9 Å². The number of likely N-dealkylation sites (tertiary alicyclic amines) is 1. The zero-order valence-corrected chi connectivity index (χ0v) is 14.8. The molecule has 1 aliphatic carbocycles. The summed E-state index contributed by atoms with van der Waals surface area (Å²) >= 11 is 0. The van der Waals surface area contributed by atoms with Gasteiger partial charge in [0.2, 0.25) is 5.91 Å². The van der Waals surface area contributed by atoms with Crippen LogP contribution in [0, 0.1) is 11.8 Å². The number of benzene rings is 1. The standard InChI is InChI=1S/C19H28N4O2/c1-13-8-17(13)22-19(25)21-10-14-4-2-5-15(9-14)11-23-7-3-6-16(12-23)18(20)24/h2,4-5,9,13,16-17H,3,6-8,10-12H2,1H3,(H2,20,24)(H2,21,22,25). The molecule has 0 radical (unpaired) electrons. The number of nitrogens with zero attached hydrogens (tertiary/aromatic N) is 1. The molecule has 1 saturated carbocycles. The molecule has 2 fully saturated rings. The highest BCUT2D eigenvalue weighted by atomic mass is 16.2. The summed E-state index contributed by atoms with van der Waals surface area (Å²) in [7, 11) is 0. The Balaban J connectivity index is 1.49. The maximum Gasteiger partial charge on any atom is 0.315 e. The van der Waals surface area contributed by atoms with Crippen LogP contribution in [0.15, 0.2) is 24.3 Å². The number of piperidine rings is 1. The average Bonchev–Trinajstić information content (AvgIpc) is 3.28. The second-order valence-electron chi connectivity index (χ2n) is 7.44. The summed E-state index contributed by atoms with van der Waals surface area (Å²) < 4.78 is 0. The molecule has 0 bridgehead atoms. The first-order valence-electron chi connectivity index (χ1n) is 9.15. The number of rotatable bonds is 6. The molecule has 1 saturated heterocycles. The first-order chi connectivity index (χ1) is 12.0. The third-order valence-corrected chi connectivity index (χ3v) is 5.18. The van der Waals surface area contributed by atoms with Gasteiger partial charge in [-0.15, -0.1) is 0 Å². The minimum absolute atomic E-state index is 0.0351. The Morgan fingerprint density at radius 2 is 2.08 bits per heavy atom. The van der Waals surface area contributed by atoms with Gasteiger partial charge < -0.3 is 16.4 Å². The zero-order valence-electron chi connectivity index (χ0n) is 14.8. The van der Waals surface area contributed by atoms with Crippen LogP contribution in [0.5, 0.6) is 0 Å². The Kier molecular flexibility index (Phi) is 5.58. The van der Waals surface area contributed by atoms with E-state index in [9.17, 15) is 9.59 Å². The lowest BCUT2D eigenvalue weighted by Gasteiger charge is -2.31. The Morgan fingerprint density at radius 1 is 1.32 bits per heavy atom. The van der Waals surface area contributed by atoms with Crippen LogP contribution >= 0.6 is 0 Å². The summed E-state index contributed by atoms with van der Waals surface area (Å²) in [6.45, 7) is 5.19. The Bertz CT molecular complexity index is 634. The monoisotopic (exact) mass is 344 g/mol. The van der Waals surface area contributed by atoms with Gasteiger partial charge in [0.1, 0.15) is 0 Å². The highest BCUT2D eigenvalue weighted by Crippen LogP contribution is 2.28. The van der Waals surface area contributed by atoms with Gasteiger partial charge in [0.05, 0.1) is 5.92 Å². The molecule has 6 heteroatoms. The number of primary amides is 1. The topological polar surface area (TPSA) is 87.5 Å². The van der Waals surface area contributed by atoms with Crippen molar-refractivity contribution < 1.29 is 9.59 Å². The largest absolute Gasteiger partial charge is 0.369 e. The number of carbonyl (C=O) groups excluding carboxylic acids is 2. The van der Waals surface area contributed by atoms with Crippen LogP contribution in [0.3, 0.4) is 0 Å². The molecule has 4 N–H and O–H groups in total. The van der Waals surface area contributed by atoms with Crippen LogP contribution in [-0.2, 0) is 17.9 Å². The van der Waals surface area contributed by atoms with Crippen molar-refractivity contribution in [2.45, 2.75) is 45.3 Å². The van der Waals surface area contributed by atoms with E-state index in [0.717, 1.165) is 44.5 Å². The van der Waals surface area contributed by atoms with Gasteiger partial charge in [-0.2, -0.15) is 0 Å². The number of hydrogen-bond donors (Lipinski definition) is 3. The fourth-order valence-corrected chi connectivity index (χ4v) is 3.45. The molecule has 3 rings (SSSR count). The Hall–Kier alpha value is -2.08. The van der Waals surface area contributed by atoms with Gasteiger partial charge >= 0.3 is 6.03 Å². The number of nitrogens with one attached hydrogen (secondary N) is 2. The van der Waals surface area contributed by atoms with Crippen LogP contribution in [-0.4, -0.2) is 36.0 Å². The highest BCUT2D eigenvalue weighted by Gasteiger charge is 2.33. The fraction of sp³-hybridized carbons (Fsp3) is 0.579. The zero-order chi connectivity index (χ0) is 17.8. The van der Waals surface area contributed by atoms with Crippen LogP contribution in [0.25, 0.3) is 0 Å². The number of amides is 3. The van der Waals surface area contributed by atoms with Gasteiger partial charge in [-0.05, 0) is 42.9 Å². The van der Waals surface area contributed by atoms with E-state index in [4.69, 9.17) is 5.73 Å². The van der Waals surface area contributed by atoms with Crippen molar-refractivity contribution >= 4 is 11.9 Å². The van der Waals surface area contributed by atoms with Gasteiger partial charge in [0.15, 0.2) is 0 Å². The molecule has 136 valence electrons. The highest BCUT2D eigenvalue weighted by molar-refractivity contribution is 5.77. The molecular weight excluding hydrogens is 316 g/mol. The lowest BCUT2D eigenvalue weighted by Crippen LogP contribution is -2.40. The van der Waals surface area contributed by atoms with Gasteiger partial charge in [-0.1, -0.05) is 31.2 Å². The van der Waals surface area contributed by atoms with Crippen molar-refractivity contribution in [1.82, 2.24) is 15.5 Å². The van der Waals surface area contributed by atoms with E-state index in [0.29, 0.717) is 18.5 Å². The van der Waals surface area contributed by atoms with Gasteiger partial charge in [0, 0.05) is 25.7 Å². The molecule has 1 aromatic carbocycles. The SMILES string of the molecule is CC1CC1NC(=O)NCc1cccc(CN2CCCC(C(N)=O)C2)c1. The molecule has 1 aromatic rings. The molecule has 3 atom stereocenters. The minimum atomic E-state index is -0.196. The molecule has 25 heavy (non-hydrogen) atoms. The fourth-order valence-electron chi connectivity index (χ4n) is 3.45. The lowest BCUT2D eigenvalue weighted by molar-refractivity contribution is -0.123. The van der Waals surface area contributed by atoms with Crippen LogP contribution < -0.4 is 16.4 Å². The molecule has 3 unspecified atom stereocenters. The van der Waals surface area contributed by atoms with Crippen molar-refractivity contribution in [2.75, 3.05) is 13.1 Å². The van der Waals surface area contributed by atoms with E-state index in [1.165, 1.54) is 5.56 Å². The quantitative estimate of drug-likeness (QED) is 0.732. The summed E-state index contributed by atoms with van der Waals surface area (Å²) in [5.41, 5.74) is 7.73. The van der Waals surface area contributed by atoms with Crippen LogP contribution in [0.4, 0.5) is 4.79 Å². The smallest absolute Gasteiger partial charge is 0.315 e. The van der Waals surface area contributed by atoms with E-state index in [1.807, 2.05) is 12.1 Å². The summed E-state index contributed by atoms with van der Waals surface area (Å²) in [5.74, 6) is 0.369. The molecule has 0 aromatic heterocycles. The molecule has 0 spiro atoms.